The van der Waals surface area contributed by atoms with Crippen molar-refractivity contribution in [3.05, 3.63) is 66.2 Å². The Bertz CT molecular complexity index is 939. The van der Waals surface area contributed by atoms with E-state index in [9.17, 15) is 0 Å². The first-order valence-corrected chi connectivity index (χ1v) is 8.88. The summed E-state index contributed by atoms with van der Waals surface area (Å²) in [5, 5.41) is 6.93. The van der Waals surface area contributed by atoms with Crippen LogP contribution in [0.3, 0.4) is 0 Å². The van der Waals surface area contributed by atoms with Crippen LogP contribution in [0, 0.1) is 6.92 Å². The molecule has 0 bridgehead atoms. The van der Waals surface area contributed by atoms with Crippen molar-refractivity contribution in [3.8, 4) is 17.2 Å². The summed E-state index contributed by atoms with van der Waals surface area (Å²) in [5.41, 5.74) is 2.96. The third kappa shape index (κ3) is 4.38. The number of para-hydroxylation sites is 1. The second kappa shape index (κ2) is 8.55. The van der Waals surface area contributed by atoms with Crippen molar-refractivity contribution in [1.82, 2.24) is 14.9 Å². The molecule has 0 aliphatic heterocycles. The van der Waals surface area contributed by atoms with Gasteiger partial charge in [0.2, 0.25) is 0 Å². The van der Waals surface area contributed by atoms with Gasteiger partial charge in [-0.1, -0.05) is 18.2 Å². The van der Waals surface area contributed by atoms with Crippen molar-refractivity contribution >= 4 is 23.0 Å². The number of nitrogens with one attached hydrogen (secondary N) is 2. The first-order chi connectivity index (χ1) is 13.1. The number of thiocarbonyl (C=S) groups is 1. The van der Waals surface area contributed by atoms with Gasteiger partial charge in [-0.15, -0.1) is 0 Å². The van der Waals surface area contributed by atoms with Crippen LogP contribution in [-0.2, 0) is 6.54 Å². The summed E-state index contributed by atoms with van der Waals surface area (Å²) < 4.78 is 12.7. The highest BCUT2D eigenvalue weighted by atomic mass is 32.1. The van der Waals surface area contributed by atoms with E-state index in [1.54, 1.807) is 20.4 Å². The van der Waals surface area contributed by atoms with Gasteiger partial charge in [0.25, 0.3) is 0 Å². The fourth-order valence-electron chi connectivity index (χ4n) is 2.77. The van der Waals surface area contributed by atoms with Crippen molar-refractivity contribution in [2.24, 2.45) is 0 Å². The molecule has 0 aliphatic carbocycles. The smallest absolute Gasteiger partial charge is 0.171 e. The van der Waals surface area contributed by atoms with Gasteiger partial charge in [-0.05, 0) is 42.9 Å². The van der Waals surface area contributed by atoms with Crippen molar-refractivity contribution < 1.29 is 9.47 Å². The molecule has 1 aromatic heterocycles. The lowest BCUT2D eigenvalue weighted by Crippen LogP contribution is -2.28. The summed E-state index contributed by atoms with van der Waals surface area (Å²) >= 11 is 5.44. The molecule has 0 spiro atoms. The van der Waals surface area contributed by atoms with E-state index in [4.69, 9.17) is 21.7 Å². The minimum atomic E-state index is 0.510. The SMILES string of the molecule is COc1ccc(NC(=S)NCc2ccccc2-n2ccnc2C)c(OC)c1. The van der Waals surface area contributed by atoms with Crippen LogP contribution in [0.5, 0.6) is 11.5 Å². The molecule has 0 saturated heterocycles. The highest BCUT2D eigenvalue weighted by Crippen LogP contribution is 2.29. The predicted octanol–water partition coefficient (Wildman–Crippen LogP) is 3.68. The second-order valence-electron chi connectivity index (χ2n) is 5.85. The fourth-order valence-corrected chi connectivity index (χ4v) is 2.95. The Morgan fingerprint density at radius 3 is 2.67 bits per heavy atom. The molecule has 0 fully saturated rings. The van der Waals surface area contributed by atoms with Crippen molar-refractivity contribution in [1.29, 1.82) is 0 Å². The van der Waals surface area contributed by atoms with Gasteiger partial charge in [0.05, 0.1) is 25.6 Å². The quantitative estimate of drug-likeness (QED) is 0.634. The third-order valence-electron chi connectivity index (χ3n) is 4.17. The molecule has 0 saturated carbocycles. The van der Waals surface area contributed by atoms with Crippen LogP contribution < -0.4 is 20.1 Å². The number of benzene rings is 2. The number of anilines is 1. The lowest BCUT2D eigenvalue weighted by atomic mass is 10.1. The van der Waals surface area contributed by atoms with E-state index in [1.807, 2.05) is 43.5 Å². The summed E-state index contributed by atoms with van der Waals surface area (Å²) in [6.07, 6.45) is 3.74. The maximum atomic E-state index is 5.44. The summed E-state index contributed by atoms with van der Waals surface area (Å²) in [6, 6.07) is 13.7. The number of ether oxygens (including phenoxy) is 2. The van der Waals surface area contributed by atoms with Gasteiger partial charge < -0.3 is 24.7 Å². The topological polar surface area (TPSA) is 60.3 Å². The van der Waals surface area contributed by atoms with Gasteiger partial charge in [-0.3, -0.25) is 0 Å². The zero-order chi connectivity index (χ0) is 19.2. The van der Waals surface area contributed by atoms with Gasteiger partial charge in [-0.25, -0.2) is 4.98 Å². The van der Waals surface area contributed by atoms with Crippen LogP contribution >= 0.6 is 12.2 Å². The standard InChI is InChI=1S/C20H22N4O2S/c1-14-21-10-11-24(14)18-7-5-4-6-15(18)13-22-20(27)23-17-9-8-16(25-2)12-19(17)26-3/h4-12H,13H2,1-3H3,(H2,22,23,27). The highest BCUT2D eigenvalue weighted by Gasteiger charge is 2.09. The van der Waals surface area contributed by atoms with E-state index >= 15 is 0 Å². The van der Waals surface area contributed by atoms with E-state index in [0.29, 0.717) is 17.4 Å². The van der Waals surface area contributed by atoms with Gasteiger partial charge in [0.1, 0.15) is 17.3 Å². The number of rotatable bonds is 6. The average molecular weight is 382 g/mol. The van der Waals surface area contributed by atoms with Crippen molar-refractivity contribution in [2.75, 3.05) is 19.5 Å². The van der Waals surface area contributed by atoms with Gasteiger partial charge in [0, 0.05) is 25.0 Å². The molecule has 0 unspecified atom stereocenters. The van der Waals surface area contributed by atoms with E-state index < -0.39 is 0 Å². The number of hydrogen-bond acceptors (Lipinski definition) is 4. The summed E-state index contributed by atoms with van der Waals surface area (Å²) in [7, 11) is 3.23. The third-order valence-corrected chi connectivity index (χ3v) is 4.42. The molecule has 0 radical (unpaired) electrons. The van der Waals surface area contributed by atoms with Crippen LogP contribution in [0.25, 0.3) is 5.69 Å². The predicted molar refractivity (Wildman–Crippen MR) is 111 cm³/mol. The molecule has 1 heterocycles. The van der Waals surface area contributed by atoms with Crippen molar-refractivity contribution in [2.45, 2.75) is 13.5 Å². The van der Waals surface area contributed by atoms with E-state index in [2.05, 4.69) is 32.3 Å². The normalized spacial score (nSPS) is 10.3. The Morgan fingerprint density at radius 2 is 1.96 bits per heavy atom. The first kappa shape index (κ1) is 18.7. The maximum Gasteiger partial charge on any atom is 0.171 e. The van der Waals surface area contributed by atoms with Gasteiger partial charge >= 0.3 is 0 Å². The summed E-state index contributed by atoms with van der Waals surface area (Å²) in [6.45, 7) is 2.56. The fraction of sp³-hybridized carbons (Fsp3) is 0.200. The minimum absolute atomic E-state index is 0.510. The van der Waals surface area contributed by atoms with E-state index in [0.717, 1.165) is 28.5 Å². The molecule has 0 atom stereocenters. The first-order valence-electron chi connectivity index (χ1n) is 8.47. The molecule has 140 valence electrons. The zero-order valence-corrected chi connectivity index (χ0v) is 16.3. The maximum absolute atomic E-state index is 5.44. The van der Waals surface area contributed by atoms with Crippen LogP contribution in [0.4, 0.5) is 5.69 Å². The van der Waals surface area contributed by atoms with E-state index in [1.165, 1.54) is 0 Å². The Balaban J connectivity index is 1.70. The number of aryl methyl sites for hydroxylation is 1. The number of hydrogen-bond donors (Lipinski definition) is 2. The average Bonchev–Trinajstić information content (AvgIpc) is 3.12. The molecule has 2 N–H and O–H groups in total. The Morgan fingerprint density at radius 1 is 1.15 bits per heavy atom. The number of imidazole rings is 1. The molecule has 2 aromatic carbocycles. The molecular formula is C20H22N4O2S. The minimum Gasteiger partial charge on any atom is -0.497 e. The molecular weight excluding hydrogens is 360 g/mol. The summed E-state index contributed by atoms with van der Waals surface area (Å²) in [5.74, 6) is 2.32. The molecule has 6 nitrogen and oxygen atoms in total. The molecule has 3 rings (SSSR count). The largest absolute Gasteiger partial charge is 0.497 e. The Hall–Kier alpha value is -3.06. The van der Waals surface area contributed by atoms with E-state index in [-0.39, 0.29) is 0 Å². The lowest BCUT2D eigenvalue weighted by molar-refractivity contribution is 0.395. The Kier molecular flexibility index (Phi) is 5.93. The second-order valence-corrected chi connectivity index (χ2v) is 6.26. The van der Waals surface area contributed by atoms with Gasteiger partial charge in [-0.2, -0.15) is 0 Å². The number of aromatic nitrogens is 2. The number of nitrogens with zero attached hydrogens (tertiary/aromatic N) is 2. The molecule has 0 amide bonds. The van der Waals surface area contributed by atoms with Crippen LogP contribution in [0.15, 0.2) is 54.9 Å². The highest BCUT2D eigenvalue weighted by molar-refractivity contribution is 7.80. The number of methoxy groups -OCH3 is 2. The van der Waals surface area contributed by atoms with Crippen molar-refractivity contribution in [3.63, 3.8) is 0 Å². The monoisotopic (exact) mass is 382 g/mol. The molecule has 3 aromatic rings. The zero-order valence-electron chi connectivity index (χ0n) is 15.5. The lowest BCUT2D eigenvalue weighted by Gasteiger charge is -2.16. The van der Waals surface area contributed by atoms with Crippen LogP contribution in [0.1, 0.15) is 11.4 Å². The van der Waals surface area contributed by atoms with Gasteiger partial charge in [0.15, 0.2) is 5.11 Å². The molecule has 0 aliphatic rings. The summed E-state index contributed by atoms with van der Waals surface area (Å²) in [4.78, 5) is 4.30. The van der Waals surface area contributed by atoms with Crippen LogP contribution in [-0.4, -0.2) is 28.9 Å². The molecule has 7 heteroatoms. The Labute approximate surface area is 164 Å². The molecule has 27 heavy (non-hydrogen) atoms. The van der Waals surface area contributed by atoms with Crippen LogP contribution in [0.2, 0.25) is 0 Å².